The van der Waals surface area contributed by atoms with E-state index >= 15 is 0 Å². The maximum absolute atomic E-state index is 12.0. The molecule has 1 aromatic carbocycles. The predicted molar refractivity (Wildman–Crippen MR) is 94.4 cm³/mol. The van der Waals surface area contributed by atoms with Crippen molar-refractivity contribution in [2.45, 2.75) is 5.16 Å². The van der Waals surface area contributed by atoms with Crippen molar-refractivity contribution in [2.75, 3.05) is 11.1 Å². The van der Waals surface area contributed by atoms with Crippen LogP contribution in [0.3, 0.4) is 0 Å². The zero-order valence-electron chi connectivity index (χ0n) is 12.0. The van der Waals surface area contributed by atoms with E-state index in [-0.39, 0.29) is 11.7 Å². The van der Waals surface area contributed by atoms with Crippen LogP contribution in [0.25, 0.3) is 11.2 Å². The van der Waals surface area contributed by atoms with Gasteiger partial charge in [-0.1, -0.05) is 35.0 Å². The van der Waals surface area contributed by atoms with Gasteiger partial charge in [0.25, 0.3) is 0 Å². The van der Waals surface area contributed by atoms with Gasteiger partial charge in [-0.05, 0) is 24.3 Å². The number of nitrogens with one attached hydrogen (secondary N) is 2. The van der Waals surface area contributed by atoms with Crippen LogP contribution in [-0.2, 0) is 4.79 Å². The molecule has 0 aliphatic heterocycles. The first-order chi connectivity index (χ1) is 11.5. The number of amides is 1. The zero-order valence-corrected chi connectivity index (χ0v) is 14.3. The van der Waals surface area contributed by atoms with Crippen molar-refractivity contribution < 1.29 is 4.79 Å². The first-order valence-electron chi connectivity index (χ1n) is 6.69. The second kappa shape index (κ2) is 7.09. The van der Waals surface area contributed by atoms with Crippen molar-refractivity contribution in [3.8, 4) is 6.07 Å². The number of rotatable bonds is 4. The van der Waals surface area contributed by atoms with Gasteiger partial charge in [0.2, 0.25) is 5.91 Å². The number of H-pyrrole nitrogens is 1. The highest BCUT2D eigenvalue weighted by Crippen LogP contribution is 2.22. The number of fused-ring (bicyclic) bond motifs is 1. The Morgan fingerprint density at radius 1 is 1.38 bits per heavy atom. The summed E-state index contributed by atoms with van der Waals surface area (Å²) in [5, 5.41) is 12.9. The number of nitriles is 1. The molecule has 0 aliphatic rings. The van der Waals surface area contributed by atoms with E-state index in [4.69, 9.17) is 28.5 Å². The molecular formula is C15H9Cl2N5OS. The van der Waals surface area contributed by atoms with Gasteiger partial charge in [0, 0.05) is 11.9 Å². The minimum absolute atomic E-state index is 0.158. The van der Waals surface area contributed by atoms with Crippen LogP contribution in [0.4, 0.5) is 5.69 Å². The van der Waals surface area contributed by atoms with E-state index in [2.05, 4.69) is 20.3 Å². The third-order valence-corrected chi connectivity index (χ3v) is 4.39. The predicted octanol–water partition coefficient (Wildman–Crippen LogP) is 3.87. The van der Waals surface area contributed by atoms with Crippen molar-refractivity contribution >= 4 is 57.7 Å². The smallest absolute Gasteiger partial charge is 0.234 e. The normalized spacial score (nSPS) is 10.5. The molecule has 120 valence electrons. The Balaban J connectivity index is 1.62. The fourth-order valence-corrected chi connectivity index (χ4v) is 2.99. The lowest BCUT2D eigenvalue weighted by atomic mass is 10.2. The maximum atomic E-state index is 12.0. The van der Waals surface area contributed by atoms with Gasteiger partial charge < -0.3 is 10.3 Å². The number of halogens is 2. The van der Waals surface area contributed by atoms with E-state index < -0.39 is 0 Å². The van der Waals surface area contributed by atoms with E-state index in [0.717, 1.165) is 0 Å². The van der Waals surface area contributed by atoms with Gasteiger partial charge in [0.1, 0.15) is 6.07 Å². The van der Waals surface area contributed by atoms with Crippen LogP contribution in [0.1, 0.15) is 5.56 Å². The number of thioether (sulfide) groups is 1. The average Bonchev–Trinajstić information content (AvgIpc) is 2.95. The molecule has 0 saturated carbocycles. The minimum atomic E-state index is -0.216. The molecule has 2 N–H and O–H groups in total. The standard InChI is InChI=1S/C15H9Cl2N5OS/c16-9-3-12-14(19-6-9)22-15(21-12)24-7-13(23)20-10-2-1-8(5-18)11(17)4-10/h1-4,6H,7H2,(H,20,23)(H,19,21,22). The molecule has 0 bridgehead atoms. The van der Waals surface area contributed by atoms with Crippen LogP contribution in [0, 0.1) is 11.3 Å². The molecule has 0 fully saturated rings. The molecule has 0 atom stereocenters. The molecule has 9 heteroatoms. The first kappa shape index (κ1) is 16.6. The summed E-state index contributed by atoms with van der Waals surface area (Å²) in [4.78, 5) is 23.4. The third-order valence-electron chi connectivity index (χ3n) is 3.00. The van der Waals surface area contributed by atoms with Gasteiger partial charge in [0.15, 0.2) is 10.8 Å². The molecule has 2 heterocycles. The van der Waals surface area contributed by atoms with Crippen LogP contribution < -0.4 is 5.32 Å². The van der Waals surface area contributed by atoms with Crippen LogP contribution in [0.15, 0.2) is 35.6 Å². The number of nitrogens with zero attached hydrogens (tertiary/aromatic N) is 3. The number of aromatic amines is 1. The number of aromatic nitrogens is 3. The molecule has 0 aliphatic carbocycles. The highest BCUT2D eigenvalue weighted by atomic mass is 35.5. The Labute approximate surface area is 151 Å². The van der Waals surface area contributed by atoms with Gasteiger partial charge in [-0.2, -0.15) is 5.26 Å². The number of carbonyl (C=O) groups excluding carboxylic acids is 1. The first-order valence-corrected chi connectivity index (χ1v) is 8.43. The Bertz CT molecular complexity index is 966. The van der Waals surface area contributed by atoms with E-state index in [1.807, 2.05) is 6.07 Å². The summed E-state index contributed by atoms with van der Waals surface area (Å²) in [6.45, 7) is 0. The Kier molecular flexibility index (Phi) is 4.90. The topological polar surface area (TPSA) is 94.5 Å². The van der Waals surface area contributed by atoms with Crippen molar-refractivity contribution in [3.05, 3.63) is 46.1 Å². The summed E-state index contributed by atoms with van der Waals surface area (Å²) in [6.07, 6.45) is 1.51. The third kappa shape index (κ3) is 3.79. The lowest BCUT2D eigenvalue weighted by Gasteiger charge is -2.05. The van der Waals surface area contributed by atoms with E-state index in [1.54, 1.807) is 18.2 Å². The molecule has 0 saturated heterocycles. The fourth-order valence-electron chi connectivity index (χ4n) is 1.94. The average molecular weight is 378 g/mol. The molecule has 1 amide bonds. The van der Waals surface area contributed by atoms with Crippen molar-refractivity contribution in [3.63, 3.8) is 0 Å². The summed E-state index contributed by atoms with van der Waals surface area (Å²) in [5.74, 6) is -0.0576. The number of pyridine rings is 1. The van der Waals surface area contributed by atoms with Crippen molar-refractivity contribution in [1.82, 2.24) is 15.0 Å². The molecule has 2 aromatic heterocycles. The van der Waals surface area contributed by atoms with Crippen LogP contribution in [-0.4, -0.2) is 26.6 Å². The van der Waals surface area contributed by atoms with E-state index in [0.29, 0.717) is 37.6 Å². The fraction of sp³-hybridized carbons (Fsp3) is 0.0667. The van der Waals surface area contributed by atoms with Gasteiger partial charge >= 0.3 is 0 Å². The quantitative estimate of drug-likeness (QED) is 0.672. The zero-order chi connectivity index (χ0) is 17.1. The lowest BCUT2D eigenvalue weighted by Crippen LogP contribution is -2.14. The molecule has 6 nitrogen and oxygen atoms in total. The second-order valence-electron chi connectivity index (χ2n) is 4.71. The van der Waals surface area contributed by atoms with Crippen LogP contribution >= 0.6 is 35.0 Å². The minimum Gasteiger partial charge on any atom is -0.331 e. The summed E-state index contributed by atoms with van der Waals surface area (Å²) >= 11 is 13.0. The van der Waals surface area contributed by atoms with Gasteiger partial charge in [-0.25, -0.2) is 9.97 Å². The second-order valence-corrected chi connectivity index (χ2v) is 6.52. The Morgan fingerprint density at radius 3 is 2.96 bits per heavy atom. The number of hydrogen-bond donors (Lipinski definition) is 2. The Morgan fingerprint density at radius 2 is 2.21 bits per heavy atom. The monoisotopic (exact) mass is 377 g/mol. The number of benzene rings is 1. The summed E-state index contributed by atoms with van der Waals surface area (Å²) in [7, 11) is 0. The molecule has 0 radical (unpaired) electrons. The van der Waals surface area contributed by atoms with Gasteiger partial charge in [0.05, 0.1) is 26.9 Å². The number of anilines is 1. The van der Waals surface area contributed by atoms with Crippen LogP contribution in [0.5, 0.6) is 0 Å². The van der Waals surface area contributed by atoms with Gasteiger partial charge in [-0.3, -0.25) is 4.79 Å². The number of hydrogen-bond acceptors (Lipinski definition) is 5. The van der Waals surface area contributed by atoms with E-state index in [9.17, 15) is 4.79 Å². The molecule has 0 unspecified atom stereocenters. The summed E-state index contributed by atoms with van der Waals surface area (Å²) < 4.78 is 0. The number of imidazole rings is 1. The largest absolute Gasteiger partial charge is 0.331 e. The number of carbonyl (C=O) groups is 1. The molecule has 3 aromatic rings. The lowest BCUT2D eigenvalue weighted by molar-refractivity contribution is -0.113. The maximum Gasteiger partial charge on any atom is 0.234 e. The highest BCUT2D eigenvalue weighted by molar-refractivity contribution is 7.99. The van der Waals surface area contributed by atoms with Gasteiger partial charge in [-0.15, -0.1) is 0 Å². The molecule has 0 spiro atoms. The van der Waals surface area contributed by atoms with Crippen molar-refractivity contribution in [2.24, 2.45) is 0 Å². The van der Waals surface area contributed by atoms with E-state index in [1.165, 1.54) is 24.0 Å². The molecule has 3 rings (SSSR count). The van der Waals surface area contributed by atoms with Crippen molar-refractivity contribution in [1.29, 1.82) is 5.26 Å². The summed E-state index contributed by atoms with van der Waals surface area (Å²) in [6, 6.07) is 8.40. The molecule has 24 heavy (non-hydrogen) atoms. The SMILES string of the molecule is N#Cc1ccc(NC(=O)CSc2nc3ncc(Cl)cc3[nH]2)cc1Cl. The highest BCUT2D eigenvalue weighted by Gasteiger charge is 2.09. The summed E-state index contributed by atoms with van der Waals surface area (Å²) in [5.41, 5.74) is 2.14. The Hall–Kier alpha value is -2.27. The van der Waals surface area contributed by atoms with Crippen LogP contribution in [0.2, 0.25) is 10.0 Å². The molecular weight excluding hydrogens is 369 g/mol.